The molecule has 1 aromatic rings. The Labute approximate surface area is 105 Å². The number of carbonyl (C=O) groups excluding carboxylic acids is 1. The van der Waals surface area contributed by atoms with Crippen LogP contribution in [0.2, 0.25) is 0 Å². The summed E-state index contributed by atoms with van der Waals surface area (Å²) in [7, 11) is 0. The van der Waals surface area contributed by atoms with Crippen molar-refractivity contribution in [2.45, 2.75) is 19.8 Å². The second-order valence-electron chi connectivity index (χ2n) is 5.10. The second kappa shape index (κ2) is 3.83. The van der Waals surface area contributed by atoms with Crippen LogP contribution in [0, 0.1) is 18.8 Å². The van der Waals surface area contributed by atoms with Gasteiger partial charge in [-0.05, 0) is 37.0 Å². The lowest BCUT2D eigenvalue weighted by Crippen LogP contribution is -2.31. The topological polar surface area (TPSA) is 57.6 Å². The molecule has 0 aromatic heterocycles. The summed E-state index contributed by atoms with van der Waals surface area (Å²) in [6, 6.07) is 5.94. The van der Waals surface area contributed by atoms with E-state index in [1.807, 2.05) is 25.1 Å². The van der Waals surface area contributed by atoms with Crippen molar-refractivity contribution in [3.8, 4) is 0 Å². The lowest BCUT2D eigenvalue weighted by atomic mass is 10.1. The van der Waals surface area contributed by atoms with Crippen molar-refractivity contribution < 1.29 is 14.7 Å². The average Bonchev–Trinajstić information content (AvgIpc) is 3.02. The zero-order chi connectivity index (χ0) is 12.9. The fourth-order valence-corrected chi connectivity index (χ4v) is 2.78. The van der Waals surface area contributed by atoms with E-state index in [2.05, 4.69) is 0 Å². The predicted molar refractivity (Wildman–Crippen MR) is 66.5 cm³/mol. The number of aryl methyl sites for hydroxylation is 1. The molecule has 94 valence electrons. The smallest absolute Gasteiger partial charge is 0.307 e. The quantitative estimate of drug-likeness (QED) is 0.861. The maximum atomic E-state index is 12.3. The van der Waals surface area contributed by atoms with E-state index in [-0.39, 0.29) is 11.8 Å². The Bertz CT molecular complexity index is 538. The minimum absolute atomic E-state index is 0.0215. The van der Waals surface area contributed by atoms with E-state index in [1.165, 1.54) is 11.1 Å². The highest BCUT2D eigenvalue weighted by Gasteiger charge is 2.50. The van der Waals surface area contributed by atoms with Crippen molar-refractivity contribution >= 4 is 17.6 Å². The molecule has 0 unspecified atom stereocenters. The minimum Gasteiger partial charge on any atom is -0.481 e. The van der Waals surface area contributed by atoms with E-state index in [1.54, 1.807) is 4.90 Å². The van der Waals surface area contributed by atoms with Crippen LogP contribution in [0.15, 0.2) is 18.2 Å². The number of benzene rings is 1. The lowest BCUT2D eigenvalue weighted by molar-refractivity contribution is -0.140. The number of carboxylic acids is 1. The average molecular weight is 245 g/mol. The minimum atomic E-state index is -0.850. The Kier molecular flexibility index (Phi) is 2.40. The van der Waals surface area contributed by atoms with Crippen molar-refractivity contribution in [1.29, 1.82) is 0 Å². The van der Waals surface area contributed by atoms with Gasteiger partial charge in [-0.15, -0.1) is 0 Å². The summed E-state index contributed by atoms with van der Waals surface area (Å²) in [5.41, 5.74) is 3.39. The van der Waals surface area contributed by atoms with E-state index < -0.39 is 11.9 Å². The summed E-state index contributed by atoms with van der Waals surface area (Å²) in [6.07, 6.45) is 1.37. The first-order valence-electron chi connectivity index (χ1n) is 6.22. The highest BCUT2D eigenvalue weighted by atomic mass is 16.4. The number of carbonyl (C=O) groups is 2. The molecule has 4 nitrogen and oxygen atoms in total. The molecule has 1 aromatic carbocycles. The van der Waals surface area contributed by atoms with E-state index in [9.17, 15) is 9.59 Å². The monoisotopic (exact) mass is 245 g/mol. The van der Waals surface area contributed by atoms with Crippen LogP contribution in [-0.4, -0.2) is 23.5 Å². The normalized spacial score (nSPS) is 24.8. The van der Waals surface area contributed by atoms with Gasteiger partial charge in [-0.2, -0.15) is 0 Å². The van der Waals surface area contributed by atoms with E-state index >= 15 is 0 Å². The fraction of sp³-hybridized carbons (Fsp3) is 0.429. The fourth-order valence-electron chi connectivity index (χ4n) is 2.78. The maximum Gasteiger partial charge on any atom is 0.307 e. The molecule has 4 heteroatoms. The lowest BCUT2D eigenvalue weighted by Gasteiger charge is -2.17. The van der Waals surface area contributed by atoms with Gasteiger partial charge in [0.2, 0.25) is 5.91 Å². The number of amides is 1. The molecule has 0 saturated heterocycles. The summed E-state index contributed by atoms with van der Waals surface area (Å²) in [6.45, 7) is 2.73. The van der Waals surface area contributed by atoms with E-state index in [4.69, 9.17) is 5.11 Å². The molecule has 2 atom stereocenters. The van der Waals surface area contributed by atoms with Crippen molar-refractivity contribution in [2.75, 3.05) is 11.4 Å². The molecule has 1 heterocycles. The molecule has 1 saturated carbocycles. The van der Waals surface area contributed by atoms with Crippen LogP contribution in [0.4, 0.5) is 5.69 Å². The standard InChI is InChI=1S/C14H15NO3/c1-8-3-2-4-12-9(8)5-6-15(12)13(16)10-7-11(10)14(17)18/h2-4,10-11H,5-7H2,1H3,(H,17,18)/t10-,11-/m0/s1. The Morgan fingerprint density at radius 2 is 2.11 bits per heavy atom. The van der Waals surface area contributed by atoms with Crippen molar-refractivity contribution in [2.24, 2.45) is 11.8 Å². The molecule has 2 aliphatic rings. The molecule has 1 amide bonds. The van der Waals surface area contributed by atoms with Gasteiger partial charge in [0.25, 0.3) is 0 Å². The highest BCUT2D eigenvalue weighted by Crippen LogP contribution is 2.42. The van der Waals surface area contributed by atoms with E-state index in [0.29, 0.717) is 13.0 Å². The largest absolute Gasteiger partial charge is 0.481 e. The van der Waals surface area contributed by atoms with Crippen LogP contribution in [-0.2, 0) is 16.0 Å². The van der Waals surface area contributed by atoms with Crippen molar-refractivity contribution in [3.05, 3.63) is 29.3 Å². The van der Waals surface area contributed by atoms with Crippen molar-refractivity contribution in [3.63, 3.8) is 0 Å². The number of hydrogen-bond acceptors (Lipinski definition) is 2. The summed E-state index contributed by atoms with van der Waals surface area (Å²) in [4.78, 5) is 24.8. The Balaban J connectivity index is 1.83. The van der Waals surface area contributed by atoms with Gasteiger partial charge in [0, 0.05) is 12.2 Å². The van der Waals surface area contributed by atoms with Gasteiger partial charge in [-0.3, -0.25) is 9.59 Å². The van der Waals surface area contributed by atoms with Crippen LogP contribution in [0.3, 0.4) is 0 Å². The van der Waals surface area contributed by atoms with Crippen LogP contribution in [0.1, 0.15) is 17.5 Å². The van der Waals surface area contributed by atoms with Gasteiger partial charge >= 0.3 is 5.97 Å². The number of fused-ring (bicyclic) bond motifs is 1. The number of rotatable bonds is 2. The molecule has 1 aliphatic carbocycles. The first-order valence-corrected chi connectivity index (χ1v) is 6.22. The SMILES string of the molecule is Cc1cccc2c1CCN2C(=O)[C@H]1C[C@@H]1C(=O)O. The summed E-state index contributed by atoms with van der Waals surface area (Å²) in [5, 5.41) is 8.88. The third kappa shape index (κ3) is 1.60. The first-order chi connectivity index (χ1) is 8.59. The summed E-state index contributed by atoms with van der Waals surface area (Å²) >= 11 is 0. The molecule has 0 radical (unpaired) electrons. The molecule has 3 rings (SSSR count). The van der Waals surface area contributed by atoms with Crippen LogP contribution in [0.25, 0.3) is 0 Å². The molecule has 18 heavy (non-hydrogen) atoms. The van der Waals surface area contributed by atoms with Gasteiger partial charge < -0.3 is 10.0 Å². The summed E-state index contributed by atoms with van der Waals surface area (Å²) < 4.78 is 0. The second-order valence-corrected chi connectivity index (χ2v) is 5.10. The number of aliphatic carboxylic acids is 1. The Morgan fingerprint density at radius 1 is 1.33 bits per heavy atom. The van der Waals surface area contributed by atoms with Gasteiger partial charge in [0.1, 0.15) is 0 Å². The number of carboxylic acid groups (broad SMARTS) is 1. The molecule has 1 N–H and O–H groups in total. The first kappa shape index (κ1) is 11.3. The van der Waals surface area contributed by atoms with Gasteiger partial charge in [-0.1, -0.05) is 12.1 Å². The van der Waals surface area contributed by atoms with Gasteiger partial charge in [0.05, 0.1) is 11.8 Å². The molecule has 0 bridgehead atoms. The molecule has 1 aliphatic heterocycles. The molecular weight excluding hydrogens is 230 g/mol. The third-order valence-corrected chi connectivity index (χ3v) is 3.95. The zero-order valence-electron chi connectivity index (χ0n) is 10.2. The van der Waals surface area contributed by atoms with E-state index in [0.717, 1.165) is 12.1 Å². The van der Waals surface area contributed by atoms with Gasteiger partial charge in [-0.25, -0.2) is 0 Å². The van der Waals surface area contributed by atoms with Crippen LogP contribution < -0.4 is 4.90 Å². The number of nitrogens with zero attached hydrogens (tertiary/aromatic N) is 1. The Morgan fingerprint density at radius 3 is 2.78 bits per heavy atom. The number of anilines is 1. The highest BCUT2D eigenvalue weighted by molar-refractivity contribution is 6.01. The number of hydrogen-bond donors (Lipinski definition) is 1. The molecular formula is C14H15NO3. The zero-order valence-corrected chi connectivity index (χ0v) is 10.2. The molecule has 0 spiro atoms. The third-order valence-electron chi connectivity index (χ3n) is 3.95. The predicted octanol–water partition coefficient (Wildman–Crippen LogP) is 1.60. The van der Waals surface area contributed by atoms with Crippen LogP contribution in [0.5, 0.6) is 0 Å². The summed E-state index contributed by atoms with van der Waals surface area (Å²) in [5.74, 6) is -1.65. The van der Waals surface area contributed by atoms with Crippen LogP contribution >= 0.6 is 0 Å². The Hall–Kier alpha value is -1.84. The van der Waals surface area contributed by atoms with Gasteiger partial charge in [0.15, 0.2) is 0 Å². The molecule has 1 fully saturated rings. The maximum absolute atomic E-state index is 12.3. The van der Waals surface area contributed by atoms with Crippen molar-refractivity contribution in [1.82, 2.24) is 0 Å².